The summed E-state index contributed by atoms with van der Waals surface area (Å²) >= 11 is 3.27. The number of fused-ring (bicyclic) bond motifs is 3. The third-order valence-corrected chi connectivity index (χ3v) is 4.93. The second-order valence-corrected chi connectivity index (χ2v) is 6.46. The molecule has 18 heavy (non-hydrogen) atoms. The van der Waals surface area contributed by atoms with Gasteiger partial charge in [0, 0.05) is 7.05 Å². The normalized spacial score (nSPS) is 16.0. The fraction of sp³-hybridized carbons (Fsp3) is 0.100. The van der Waals surface area contributed by atoms with Crippen molar-refractivity contribution in [1.82, 2.24) is 15.0 Å². The quantitative estimate of drug-likeness (QED) is 0.685. The van der Waals surface area contributed by atoms with Crippen LogP contribution in [-0.4, -0.2) is 30.4 Å². The van der Waals surface area contributed by atoms with Gasteiger partial charge in [-0.25, -0.2) is 23.4 Å². The summed E-state index contributed by atoms with van der Waals surface area (Å²) in [6.45, 7) is 0. The molecule has 92 valence electrons. The van der Waals surface area contributed by atoms with Gasteiger partial charge in [-0.3, -0.25) is 4.31 Å². The zero-order valence-corrected chi connectivity index (χ0v) is 11.6. The van der Waals surface area contributed by atoms with E-state index in [0.29, 0.717) is 21.7 Å². The molecular formula is C10H7BrN4O2S. The summed E-state index contributed by atoms with van der Waals surface area (Å²) < 4.78 is 26.3. The van der Waals surface area contributed by atoms with Gasteiger partial charge in [0.2, 0.25) is 0 Å². The molecule has 8 heteroatoms. The fourth-order valence-corrected chi connectivity index (χ4v) is 3.42. The van der Waals surface area contributed by atoms with Crippen molar-refractivity contribution in [1.29, 1.82) is 0 Å². The van der Waals surface area contributed by atoms with Crippen LogP contribution in [0.1, 0.15) is 0 Å². The van der Waals surface area contributed by atoms with E-state index < -0.39 is 10.0 Å². The number of anilines is 1. The van der Waals surface area contributed by atoms with E-state index in [9.17, 15) is 8.42 Å². The Morgan fingerprint density at radius 1 is 1.28 bits per heavy atom. The molecule has 0 saturated carbocycles. The fourth-order valence-electron chi connectivity index (χ4n) is 1.82. The molecule has 0 atom stereocenters. The zero-order valence-electron chi connectivity index (χ0n) is 9.20. The zero-order chi connectivity index (χ0) is 12.9. The molecule has 0 radical (unpaired) electrons. The predicted octanol–water partition coefficient (Wildman–Crippen LogP) is 1.44. The highest BCUT2D eigenvalue weighted by molar-refractivity contribution is 9.10. The smallest absolute Gasteiger partial charge is 0.267 e. The van der Waals surface area contributed by atoms with Crippen LogP contribution in [0.15, 0.2) is 34.2 Å². The first kappa shape index (κ1) is 11.5. The molecule has 3 heterocycles. The molecular weight excluding hydrogens is 320 g/mol. The molecule has 6 nitrogen and oxygen atoms in total. The minimum Gasteiger partial charge on any atom is -0.267 e. The van der Waals surface area contributed by atoms with Crippen LogP contribution in [-0.2, 0) is 10.0 Å². The van der Waals surface area contributed by atoms with Crippen LogP contribution in [0.5, 0.6) is 0 Å². The van der Waals surface area contributed by atoms with Gasteiger partial charge >= 0.3 is 0 Å². The predicted molar refractivity (Wildman–Crippen MR) is 68.6 cm³/mol. The SMILES string of the molecule is CN1c2ccc(Br)nc2-c2ncncc2S1(=O)=O. The second-order valence-electron chi connectivity index (χ2n) is 3.71. The van der Waals surface area contributed by atoms with Crippen molar-refractivity contribution in [2.45, 2.75) is 4.90 Å². The Morgan fingerprint density at radius 2 is 2.06 bits per heavy atom. The summed E-state index contributed by atoms with van der Waals surface area (Å²) in [5.41, 5.74) is 1.36. The molecule has 0 bridgehead atoms. The Kier molecular flexibility index (Phi) is 2.39. The van der Waals surface area contributed by atoms with Crippen LogP contribution in [0.4, 0.5) is 5.69 Å². The van der Waals surface area contributed by atoms with Crippen LogP contribution in [0.25, 0.3) is 11.4 Å². The van der Waals surface area contributed by atoms with E-state index in [-0.39, 0.29) is 4.90 Å². The van der Waals surface area contributed by atoms with Gasteiger partial charge in [-0.1, -0.05) is 0 Å². The van der Waals surface area contributed by atoms with Crippen molar-refractivity contribution >= 4 is 31.6 Å². The van der Waals surface area contributed by atoms with E-state index in [1.807, 2.05) is 0 Å². The molecule has 0 fully saturated rings. The molecule has 0 amide bonds. The highest BCUT2D eigenvalue weighted by Crippen LogP contribution is 2.39. The maximum absolute atomic E-state index is 12.3. The van der Waals surface area contributed by atoms with Crippen molar-refractivity contribution in [2.24, 2.45) is 0 Å². The van der Waals surface area contributed by atoms with Crippen molar-refractivity contribution in [3.8, 4) is 11.4 Å². The van der Waals surface area contributed by atoms with E-state index in [1.54, 1.807) is 12.1 Å². The number of hydrogen-bond donors (Lipinski definition) is 0. The molecule has 0 saturated heterocycles. The van der Waals surface area contributed by atoms with Crippen LogP contribution < -0.4 is 4.31 Å². The van der Waals surface area contributed by atoms with E-state index in [0.717, 1.165) is 0 Å². The lowest BCUT2D eigenvalue weighted by atomic mass is 10.2. The van der Waals surface area contributed by atoms with E-state index >= 15 is 0 Å². The van der Waals surface area contributed by atoms with Gasteiger partial charge in [0.25, 0.3) is 10.0 Å². The molecule has 1 aliphatic rings. The summed E-state index contributed by atoms with van der Waals surface area (Å²) in [6.07, 6.45) is 2.60. The number of hydrogen-bond acceptors (Lipinski definition) is 5. The number of aromatic nitrogens is 3. The van der Waals surface area contributed by atoms with Crippen molar-refractivity contribution < 1.29 is 8.42 Å². The maximum Gasteiger partial charge on any atom is 0.267 e. The summed E-state index contributed by atoms with van der Waals surface area (Å²) in [5, 5.41) is 0. The molecule has 0 aromatic carbocycles. The van der Waals surface area contributed by atoms with Crippen LogP contribution in [0.2, 0.25) is 0 Å². The lowest BCUT2D eigenvalue weighted by Gasteiger charge is -2.26. The van der Waals surface area contributed by atoms with Gasteiger partial charge in [-0.05, 0) is 28.1 Å². The number of pyridine rings is 1. The number of rotatable bonds is 0. The minimum absolute atomic E-state index is 0.0746. The summed E-state index contributed by atoms with van der Waals surface area (Å²) in [6, 6.07) is 3.38. The van der Waals surface area contributed by atoms with Gasteiger partial charge in [-0.15, -0.1) is 0 Å². The Bertz CT molecular complexity index is 747. The first-order valence-corrected chi connectivity index (χ1v) is 7.21. The summed E-state index contributed by atoms with van der Waals surface area (Å²) in [5.74, 6) is 0. The average Bonchev–Trinajstić information content (AvgIpc) is 2.36. The molecule has 1 aliphatic heterocycles. The first-order chi connectivity index (χ1) is 8.51. The third kappa shape index (κ3) is 1.45. The lowest BCUT2D eigenvalue weighted by Crippen LogP contribution is -2.31. The Balaban J connectivity index is 2.45. The second kappa shape index (κ2) is 3.72. The van der Waals surface area contributed by atoms with Gasteiger partial charge in [0.05, 0.1) is 11.9 Å². The summed E-state index contributed by atoms with van der Waals surface area (Å²) in [7, 11) is -2.11. The van der Waals surface area contributed by atoms with Gasteiger partial charge in [-0.2, -0.15) is 0 Å². The molecule has 2 aromatic heterocycles. The molecule has 0 unspecified atom stereocenters. The molecule has 0 aliphatic carbocycles. The monoisotopic (exact) mass is 326 g/mol. The van der Waals surface area contributed by atoms with E-state index in [1.165, 1.54) is 23.9 Å². The van der Waals surface area contributed by atoms with Crippen molar-refractivity contribution in [3.05, 3.63) is 29.3 Å². The number of nitrogens with zero attached hydrogens (tertiary/aromatic N) is 4. The standard InChI is InChI=1S/C10H7BrN4O2S/c1-15-6-2-3-8(11)14-9(6)10-7(18(15,16)17)4-12-5-13-10/h2-5H,1H3. The largest absolute Gasteiger partial charge is 0.267 e. The van der Waals surface area contributed by atoms with E-state index in [4.69, 9.17) is 0 Å². The summed E-state index contributed by atoms with van der Waals surface area (Å²) in [4.78, 5) is 12.2. The van der Waals surface area contributed by atoms with Gasteiger partial charge in [0.1, 0.15) is 27.2 Å². The van der Waals surface area contributed by atoms with Crippen molar-refractivity contribution in [2.75, 3.05) is 11.4 Å². The Labute approximate surface area is 112 Å². The van der Waals surface area contributed by atoms with Crippen molar-refractivity contribution in [3.63, 3.8) is 0 Å². The maximum atomic E-state index is 12.3. The average molecular weight is 327 g/mol. The molecule has 3 rings (SSSR count). The molecule has 0 N–H and O–H groups in total. The van der Waals surface area contributed by atoms with Gasteiger partial charge < -0.3 is 0 Å². The van der Waals surface area contributed by atoms with Crippen LogP contribution >= 0.6 is 15.9 Å². The minimum atomic E-state index is -3.59. The Hall–Kier alpha value is -1.54. The first-order valence-electron chi connectivity index (χ1n) is 4.97. The third-order valence-electron chi connectivity index (χ3n) is 2.72. The van der Waals surface area contributed by atoms with Crippen LogP contribution in [0.3, 0.4) is 0 Å². The topological polar surface area (TPSA) is 76.1 Å². The highest BCUT2D eigenvalue weighted by atomic mass is 79.9. The van der Waals surface area contributed by atoms with Gasteiger partial charge in [0.15, 0.2) is 0 Å². The van der Waals surface area contributed by atoms with E-state index in [2.05, 4.69) is 30.9 Å². The number of halogens is 1. The molecule has 0 spiro atoms. The number of sulfonamides is 1. The highest BCUT2D eigenvalue weighted by Gasteiger charge is 2.34. The lowest BCUT2D eigenvalue weighted by molar-refractivity contribution is 0.592. The van der Waals surface area contributed by atoms with Crippen LogP contribution in [0, 0.1) is 0 Å². The molecule has 2 aromatic rings. The Morgan fingerprint density at radius 3 is 2.83 bits per heavy atom.